The van der Waals surface area contributed by atoms with E-state index in [0.29, 0.717) is 10.8 Å². The van der Waals surface area contributed by atoms with Crippen molar-refractivity contribution < 1.29 is 14.3 Å². The van der Waals surface area contributed by atoms with Crippen molar-refractivity contribution in [2.24, 2.45) is 11.8 Å². The Morgan fingerprint density at radius 1 is 1.12 bits per heavy atom. The van der Waals surface area contributed by atoms with Gasteiger partial charge >= 0.3 is 5.97 Å². The molecule has 2 aromatic rings. The second-order valence-electron chi connectivity index (χ2n) is 7.16. The first kappa shape index (κ1) is 16.6. The van der Waals surface area contributed by atoms with Gasteiger partial charge in [-0.05, 0) is 42.2 Å². The topological polar surface area (TPSA) is 46.6 Å². The zero-order chi connectivity index (χ0) is 17.2. The number of esters is 1. The van der Waals surface area contributed by atoms with E-state index in [9.17, 15) is 9.59 Å². The smallest absolute Gasteiger partial charge is 0.348 e. The highest BCUT2D eigenvalue weighted by atomic mass is 32.1. The van der Waals surface area contributed by atoms with Crippen molar-refractivity contribution in [2.45, 2.75) is 32.1 Å². The minimum absolute atomic E-state index is 0.0570. The maximum atomic E-state index is 12.4. The van der Waals surface area contributed by atoms with E-state index in [1.165, 1.54) is 37.0 Å². The maximum Gasteiger partial charge on any atom is 0.348 e. The number of nitrogens with zero attached hydrogens (tertiary/aromatic N) is 1. The van der Waals surface area contributed by atoms with E-state index in [2.05, 4.69) is 0 Å². The predicted molar refractivity (Wildman–Crippen MR) is 98.8 cm³/mol. The van der Waals surface area contributed by atoms with Crippen LogP contribution in [0.3, 0.4) is 0 Å². The Bertz CT molecular complexity index is 751. The van der Waals surface area contributed by atoms with Gasteiger partial charge in [0.2, 0.25) is 0 Å². The van der Waals surface area contributed by atoms with E-state index in [1.807, 2.05) is 35.2 Å². The molecule has 132 valence electrons. The van der Waals surface area contributed by atoms with Crippen LogP contribution in [0.2, 0.25) is 0 Å². The van der Waals surface area contributed by atoms with E-state index in [4.69, 9.17) is 4.74 Å². The van der Waals surface area contributed by atoms with Crippen molar-refractivity contribution >= 4 is 33.3 Å². The Labute approximate surface area is 151 Å². The summed E-state index contributed by atoms with van der Waals surface area (Å²) in [6.45, 7) is 1.49. The van der Waals surface area contributed by atoms with Crippen molar-refractivity contribution in [1.29, 1.82) is 0 Å². The summed E-state index contributed by atoms with van der Waals surface area (Å²) in [5, 5.41) is 1.03. The fraction of sp³-hybridized carbons (Fsp3) is 0.500. The number of ether oxygens (including phenoxy) is 1. The third-order valence-electron chi connectivity index (χ3n) is 5.60. The van der Waals surface area contributed by atoms with Gasteiger partial charge in [0.05, 0.1) is 0 Å². The predicted octanol–water partition coefficient (Wildman–Crippen LogP) is 4.10. The Balaban J connectivity index is 1.33. The molecule has 2 atom stereocenters. The van der Waals surface area contributed by atoms with Crippen molar-refractivity contribution in [3.63, 3.8) is 0 Å². The molecule has 2 heterocycles. The summed E-state index contributed by atoms with van der Waals surface area (Å²) in [5.74, 6) is 0.976. The minimum Gasteiger partial charge on any atom is -0.451 e. The lowest BCUT2D eigenvalue weighted by Crippen LogP contribution is -2.46. The number of carbonyl (C=O) groups excluding carboxylic acids is 2. The second kappa shape index (κ2) is 7.16. The molecule has 1 saturated heterocycles. The van der Waals surface area contributed by atoms with Gasteiger partial charge in [0.1, 0.15) is 4.88 Å². The first-order valence-corrected chi connectivity index (χ1v) is 9.96. The number of hydrogen-bond donors (Lipinski definition) is 0. The lowest BCUT2D eigenvalue weighted by atomic mass is 9.75. The van der Waals surface area contributed by atoms with E-state index < -0.39 is 5.97 Å². The van der Waals surface area contributed by atoms with E-state index >= 15 is 0 Å². The number of piperidine rings is 1. The number of fused-ring (bicyclic) bond motifs is 2. The molecule has 5 heteroatoms. The van der Waals surface area contributed by atoms with Crippen molar-refractivity contribution in [3.05, 3.63) is 35.2 Å². The number of hydrogen-bond acceptors (Lipinski definition) is 4. The molecule has 2 fully saturated rings. The largest absolute Gasteiger partial charge is 0.451 e. The van der Waals surface area contributed by atoms with Crippen LogP contribution in [0.1, 0.15) is 41.8 Å². The number of likely N-dealkylation sites (tertiary alicyclic amines) is 1. The SMILES string of the molecule is O=C(OCC(=O)N1CC[C@@H]2CCCC[C@@H]2C1)c1cc2ccccc2s1. The van der Waals surface area contributed by atoms with Gasteiger partial charge in [-0.25, -0.2) is 4.79 Å². The molecule has 2 aliphatic rings. The third-order valence-corrected chi connectivity index (χ3v) is 6.69. The van der Waals surface area contributed by atoms with Gasteiger partial charge in [-0.15, -0.1) is 11.3 Å². The summed E-state index contributed by atoms with van der Waals surface area (Å²) in [4.78, 5) is 27.1. The Hall–Kier alpha value is -1.88. The molecule has 1 aromatic carbocycles. The van der Waals surface area contributed by atoms with Crippen molar-refractivity contribution in [1.82, 2.24) is 4.90 Å². The number of amides is 1. The highest BCUT2D eigenvalue weighted by Crippen LogP contribution is 2.36. The molecule has 1 saturated carbocycles. The van der Waals surface area contributed by atoms with Gasteiger partial charge in [-0.3, -0.25) is 4.79 Å². The van der Waals surface area contributed by atoms with E-state index in [-0.39, 0.29) is 12.5 Å². The van der Waals surface area contributed by atoms with Crippen LogP contribution in [-0.4, -0.2) is 36.5 Å². The third kappa shape index (κ3) is 3.56. The van der Waals surface area contributed by atoms with Crippen LogP contribution in [0.15, 0.2) is 30.3 Å². The normalized spacial score (nSPS) is 23.3. The highest BCUT2D eigenvalue weighted by Gasteiger charge is 2.33. The number of carbonyl (C=O) groups is 2. The molecule has 0 radical (unpaired) electrons. The lowest BCUT2D eigenvalue weighted by Gasteiger charge is -2.41. The Morgan fingerprint density at radius 2 is 1.92 bits per heavy atom. The molecule has 4 nitrogen and oxygen atoms in total. The molecule has 0 unspecified atom stereocenters. The Kier molecular flexibility index (Phi) is 4.75. The number of rotatable bonds is 3. The zero-order valence-corrected chi connectivity index (χ0v) is 15.1. The molecule has 1 amide bonds. The molecule has 1 aromatic heterocycles. The average molecular weight is 357 g/mol. The van der Waals surface area contributed by atoms with Crippen LogP contribution in [0.4, 0.5) is 0 Å². The Morgan fingerprint density at radius 3 is 2.76 bits per heavy atom. The van der Waals surface area contributed by atoms with Crippen LogP contribution in [0.25, 0.3) is 10.1 Å². The first-order chi connectivity index (χ1) is 12.2. The van der Waals surface area contributed by atoms with Crippen LogP contribution in [0, 0.1) is 11.8 Å². The number of thiophene rings is 1. The fourth-order valence-electron chi connectivity index (χ4n) is 4.20. The van der Waals surface area contributed by atoms with Crippen LogP contribution >= 0.6 is 11.3 Å². The average Bonchev–Trinajstić information content (AvgIpc) is 3.09. The van der Waals surface area contributed by atoms with Crippen molar-refractivity contribution in [2.75, 3.05) is 19.7 Å². The summed E-state index contributed by atoms with van der Waals surface area (Å²) in [6.07, 6.45) is 6.26. The monoisotopic (exact) mass is 357 g/mol. The standard InChI is InChI=1S/C20H23NO3S/c22-19(21-10-9-14-5-1-2-7-16(14)12-21)13-24-20(23)18-11-15-6-3-4-8-17(15)25-18/h3-4,6,8,11,14,16H,1-2,5,7,9-10,12-13H2/t14-,16+/m0/s1. The van der Waals surface area contributed by atoms with E-state index in [0.717, 1.165) is 35.5 Å². The van der Waals surface area contributed by atoms with Gasteiger partial charge in [0.15, 0.2) is 6.61 Å². The van der Waals surface area contributed by atoms with Gasteiger partial charge in [0, 0.05) is 17.8 Å². The first-order valence-electron chi connectivity index (χ1n) is 9.14. The van der Waals surface area contributed by atoms with Gasteiger partial charge < -0.3 is 9.64 Å². The quantitative estimate of drug-likeness (QED) is 0.777. The minimum atomic E-state index is -0.401. The summed E-state index contributed by atoms with van der Waals surface area (Å²) < 4.78 is 6.34. The lowest BCUT2D eigenvalue weighted by molar-refractivity contribution is -0.137. The molecule has 25 heavy (non-hydrogen) atoms. The molecular formula is C20H23NO3S. The summed E-state index contributed by atoms with van der Waals surface area (Å²) in [6, 6.07) is 9.69. The fourth-order valence-corrected chi connectivity index (χ4v) is 5.16. The molecule has 0 spiro atoms. The molecule has 0 bridgehead atoms. The van der Waals surface area contributed by atoms with Gasteiger partial charge in [0.25, 0.3) is 5.91 Å². The zero-order valence-electron chi connectivity index (χ0n) is 14.3. The molecular weight excluding hydrogens is 334 g/mol. The summed E-state index contributed by atoms with van der Waals surface area (Å²) in [7, 11) is 0. The molecule has 0 N–H and O–H groups in total. The summed E-state index contributed by atoms with van der Waals surface area (Å²) in [5.41, 5.74) is 0. The van der Waals surface area contributed by atoms with Crippen LogP contribution < -0.4 is 0 Å². The van der Waals surface area contributed by atoms with Crippen LogP contribution in [0.5, 0.6) is 0 Å². The van der Waals surface area contributed by atoms with Crippen LogP contribution in [-0.2, 0) is 9.53 Å². The number of benzene rings is 1. The van der Waals surface area contributed by atoms with Crippen molar-refractivity contribution in [3.8, 4) is 0 Å². The maximum absolute atomic E-state index is 12.4. The molecule has 4 rings (SSSR count). The molecule has 1 aliphatic heterocycles. The second-order valence-corrected chi connectivity index (χ2v) is 8.24. The highest BCUT2D eigenvalue weighted by molar-refractivity contribution is 7.20. The van der Waals surface area contributed by atoms with Gasteiger partial charge in [-0.1, -0.05) is 37.5 Å². The van der Waals surface area contributed by atoms with Gasteiger partial charge in [-0.2, -0.15) is 0 Å². The van der Waals surface area contributed by atoms with E-state index in [1.54, 1.807) is 0 Å². The summed E-state index contributed by atoms with van der Waals surface area (Å²) >= 11 is 1.41. The molecule has 1 aliphatic carbocycles.